The van der Waals surface area contributed by atoms with Gasteiger partial charge in [0.1, 0.15) is 0 Å². The molecule has 3 rings (SSSR count). The number of rotatable bonds is 7. The highest BCUT2D eigenvalue weighted by Crippen LogP contribution is 2.24. The van der Waals surface area contributed by atoms with E-state index in [-0.39, 0.29) is 11.7 Å². The molecule has 2 aliphatic rings. The Kier molecular flexibility index (Phi) is 7.35. The molecular weight excluding hydrogens is 374 g/mol. The maximum absolute atomic E-state index is 12.4. The van der Waals surface area contributed by atoms with Gasteiger partial charge >= 0.3 is 0 Å². The van der Waals surface area contributed by atoms with E-state index in [4.69, 9.17) is 0 Å². The fourth-order valence-corrected chi connectivity index (χ4v) is 5.90. The minimum atomic E-state index is -3.22. The third-order valence-corrected chi connectivity index (χ3v) is 7.76. The van der Waals surface area contributed by atoms with Crippen LogP contribution in [0.2, 0.25) is 0 Å². The van der Waals surface area contributed by atoms with Gasteiger partial charge in [-0.25, -0.2) is 8.42 Å². The molecule has 0 aromatic heterocycles. The number of likely N-dealkylation sites (tertiary alicyclic amines) is 1. The van der Waals surface area contributed by atoms with Gasteiger partial charge in [0.2, 0.25) is 10.0 Å². The quantitative estimate of drug-likeness (QED) is 0.706. The van der Waals surface area contributed by atoms with Crippen LogP contribution in [0.4, 0.5) is 5.69 Å². The molecule has 28 heavy (non-hydrogen) atoms. The van der Waals surface area contributed by atoms with E-state index in [9.17, 15) is 13.2 Å². The summed E-state index contributed by atoms with van der Waals surface area (Å²) in [5, 5.41) is 2.99. The number of hydrogen-bond acceptors (Lipinski definition) is 4. The van der Waals surface area contributed by atoms with Gasteiger partial charge in [0, 0.05) is 31.2 Å². The molecule has 6 nitrogen and oxygen atoms in total. The van der Waals surface area contributed by atoms with Crippen molar-refractivity contribution in [3.63, 3.8) is 0 Å². The fourth-order valence-electron chi connectivity index (χ4n) is 4.26. The van der Waals surface area contributed by atoms with Crippen LogP contribution in [-0.2, 0) is 10.0 Å². The summed E-state index contributed by atoms with van der Waals surface area (Å²) in [5.74, 6) is 0.101. The van der Waals surface area contributed by atoms with Gasteiger partial charge in [-0.1, -0.05) is 13.3 Å². The molecular formula is C21H33N3O3S. The molecule has 7 heteroatoms. The van der Waals surface area contributed by atoms with Crippen molar-refractivity contribution >= 4 is 21.6 Å². The first-order chi connectivity index (χ1) is 13.5. The summed E-state index contributed by atoms with van der Waals surface area (Å²) in [6.07, 6.45) is 7.65. The van der Waals surface area contributed by atoms with Gasteiger partial charge in [-0.3, -0.25) is 9.10 Å². The molecule has 1 aromatic rings. The minimum absolute atomic E-state index is 0.0984. The molecule has 0 saturated carbocycles. The summed E-state index contributed by atoms with van der Waals surface area (Å²) in [6, 6.07) is 7.59. The van der Waals surface area contributed by atoms with Crippen molar-refractivity contribution in [1.29, 1.82) is 0 Å². The number of hydrogen-bond donors (Lipinski definition) is 1. The SMILES string of the molecule is CCC1CCCCN1CCCNC(=O)c1ccc(N2CCCCS2(=O)=O)cc1. The van der Waals surface area contributed by atoms with Crippen molar-refractivity contribution in [2.75, 3.05) is 36.2 Å². The number of sulfonamides is 1. The number of piperidine rings is 1. The zero-order valence-corrected chi connectivity index (χ0v) is 17.7. The third-order valence-electron chi connectivity index (χ3n) is 5.89. The predicted octanol–water partition coefficient (Wildman–Crippen LogP) is 3.00. The third kappa shape index (κ3) is 5.26. The van der Waals surface area contributed by atoms with Gasteiger partial charge < -0.3 is 10.2 Å². The standard InChI is InChI=1S/C21H33N3O3S/c1-2-19-8-3-4-14-23(19)15-7-13-22-21(25)18-9-11-20(12-10-18)24-16-5-6-17-28(24,26)27/h9-12,19H,2-8,13-17H2,1H3,(H,22,25). The average molecular weight is 408 g/mol. The lowest BCUT2D eigenvalue weighted by atomic mass is 10.00. The van der Waals surface area contributed by atoms with Crippen LogP contribution in [0, 0.1) is 0 Å². The molecule has 2 fully saturated rings. The molecule has 0 aliphatic carbocycles. The van der Waals surface area contributed by atoms with Gasteiger partial charge in [0.15, 0.2) is 0 Å². The summed E-state index contributed by atoms with van der Waals surface area (Å²) in [4.78, 5) is 14.9. The Labute approximate surface area is 169 Å². The summed E-state index contributed by atoms with van der Waals surface area (Å²) >= 11 is 0. The van der Waals surface area contributed by atoms with Crippen molar-refractivity contribution in [2.45, 2.75) is 57.9 Å². The molecule has 1 unspecified atom stereocenters. The van der Waals surface area contributed by atoms with Crippen LogP contribution in [0.15, 0.2) is 24.3 Å². The van der Waals surface area contributed by atoms with Crippen LogP contribution in [-0.4, -0.2) is 57.2 Å². The Bertz CT molecular complexity index is 749. The zero-order chi connectivity index (χ0) is 20.0. The van der Waals surface area contributed by atoms with E-state index >= 15 is 0 Å². The molecule has 1 atom stereocenters. The molecule has 2 heterocycles. The number of carbonyl (C=O) groups excluding carboxylic acids is 1. The highest BCUT2D eigenvalue weighted by molar-refractivity contribution is 7.92. The van der Waals surface area contributed by atoms with Crippen molar-refractivity contribution in [3.05, 3.63) is 29.8 Å². The highest BCUT2D eigenvalue weighted by Gasteiger charge is 2.26. The van der Waals surface area contributed by atoms with Gasteiger partial charge in [-0.05, 0) is 69.3 Å². The lowest BCUT2D eigenvalue weighted by Crippen LogP contribution is -2.40. The minimum Gasteiger partial charge on any atom is -0.352 e. The second-order valence-electron chi connectivity index (χ2n) is 7.85. The molecule has 0 bridgehead atoms. The van der Waals surface area contributed by atoms with E-state index in [2.05, 4.69) is 17.1 Å². The summed E-state index contributed by atoms with van der Waals surface area (Å²) in [7, 11) is -3.22. The van der Waals surface area contributed by atoms with Crippen LogP contribution in [0.25, 0.3) is 0 Å². The Balaban J connectivity index is 1.47. The maximum atomic E-state index is 12.4. The monoisotopic (exact) mass is 407 g/mol. The Morgan fingerprint density at radius 3 is 2.57 bits per heavy atom. The number of benzene rings is 1. The van der Waals surface area contributed by atoms with Gasteiger partial charge in [0.05, 0.1) is 11.4 Å². The maximum Gasteiger partial charge on any atom is 0.251 e. The molecule has 0 radical (unpaired) electrons. The van der Waals surface area contributed by atoms with Crippen LogP contribution in [0.3, 0.4) is 0 Å². The molecule has 2 saturated heterocycles. The van der Waals surface area contributed by atoms with Crippen LogP contribution >= 0.6 is 0 Å². The number of nitrogens with one attached hydrogen (secondary N) is 1. The number of carbonyl (C=O) groups is 1. The van der Waals surface area contributed by atoms with Crippen LogP contribution in [0.5, 0.6) is 0 Å². The van der Waals surface area contributed by atoms with Crippen molar-refractivity contribution in [2.24, 2.45) is 0 Å². The topological polar surface area (TPSA) is 69.7 Å². The molecule has 0 spiro atoms. The number of anilines is 1. The highest BCUT2D eigenvalue weighted by atomic mass is 32.2. The predicted molar refractivity (Wildman–Crippen MR) is 113 cm³/mol. The second kappa shape index (κ2) is 9.74. The lowest BCUT2D eigenvalue weighted by Gasteiger charge is -2.35. The van der Waals surface area contributed by atoms with E-state index in [1.807, 2.05) is 0 Å². The van der Waals surface area contributed by atoms with Crippen molar-refractivity contribution in [1.82, 2.24) is 10.2 Å². The van der Waals surface area contributed by atoms with E-state index in [1.165, 1.54) is 36.5 Å². The van der Waals surface area contributed by atoms with E-state index in [0.29, 0.717) is 30.4 Å². The number of nitrogens with zero attached hydrogens (tertiary/aromatic N) is 2. The fraction of sp³-hybridized carbons (Fsp3) is 0.667. The summed E-state index contributed by atoms with van der Waals surface area (Å²) in [5.41, 5.74) is 1.22. The summed E-state index contributed by atoms with van der Waals surface area (Å²) < 4.78 is 25.8. The Morgan fingerprint density at radius 2 is 1.86 bits per heavy atom. The molecule has 156 valence electrons. The largest absolute Gasteiger partial charge is 0.352 e. The molecule has 1 N–H and O–H groups in total. The number of amides is 1. The normalized spacial score (nSPS) is 22.8. The van der Waals surface area contributed by atoms with Crippen molar-refractivity contribution < 1.29 is 13.2 Å². The lowest BCUT2D eigenvalue weighted by molar-refractivity contribution is 0.0947. The molecule has 1 aromatic carbocycles. The summed E-state index contributed by atoms with van der Waals surface area (Å²) in [6.45, 7) is 5.64. The molecule has 2 aliphatic heterocycles. The Hall–Kier alpha value is -1.60. The zero-order valence-electron chi connectivity index (χ0n) is 16.9. The van der Waals surface area contributed by atoms with Gasteiger partial charge in [-0.15, -0.1) is 0 Å². The van der Waals surface area contributed by atoms with Crippen LogP contribution < -0.4 is 9.62 Å². The first kappa shape index (κ1) is 21.1. The Morgan fingerprint density at radius 1 is 1.11 bits per heavy atom. The van der Waals surface area contributed by atoms with Gasteiger partial charge in [0.25, 0.3) is 5.91 Å². The second-order valence-corrected chi connectivity index (χ2v) is 9.86. The average Bonchev–Trinajstić information content (AvgIpc) is 2.71. The van der Waals surface area contributed by atoms with Crippen molar-refractivity contribution in [3.8, 4) is 0 Å². The first-order valence-corrected chi connectivity index (χ1v) is 12.2. The van der Waals surface area contributed by atoms with Gasteiger partial charge in [-0.2, -0.15) is 0 Å². The van der Waals surface area contributed by atoms with E-state index in [0.717, 1.165) is 25.8 Å². The first-order valence-electron chi connectivity index (χ1n) is 10.6. The van der Waals surface area contributed by atoms with E-state index < -0.39 is 10.0 Å². The molecule has 1 amide bonds. The van der Waals surface area contributed by atoms with E-state index in [1.54, 1.807) is 24.3 Å². The van der Waals surface area contributed by atoms with Crippen LogP contribution in [0.1, 0.15) is 62.2 Å². The smallest absolute Gasteiger partial charge is 0.251 e.